The Morgan fingerprint density at radius 3 is 1.10 bits per heavy atom. The summed E-state index contributed by atoms with van der Waals surface area (Å²) in [5, 5.41) is 0. The molecule has 5 heteroatoms. The van der Waals surface area contributed by atoms with Crippen LogP contribution < -0.4 is 0 Å². The average Bonchev–Trinajstić information content (AvgIpc) is 2.07. The van der Waals surface area contributed by atoms with E-state index < -0.39 is 15.5 Å². The summed E-state index contributed by atoms with van der Waals surface area (Å²) in [6.45, 7) is 0. The molecule has 10 heavy (non-hydrogen) atoms. The van der Waals surface area contributed by atoms with Gasteiger partial charge in [-0.05, 0) is 0 Å². The predicted molar refractivity (Wildman–Crippen MR) is 46.0 cm³/mol. The standard InChI is InChI=1S/C5H5.4ClH.Zr/c1-2-4-5-3-1;;;;;/h1-5H;4*1H;/q;;;;;+4/p-4. The predicted octanol–water partition coefficient (Wildman–Crippen LogP) is 4.07. The van der Waals surface area contributed by atoms with E-state index in [0.29, 0.717) is 0 Å². The van der Waals surface area contributed by atoms with E-state index in [4.69, 9.17) is 34.1 Å². The van der Waals surface area contributed by atoms with E-state index in [1.165, 1.54) is 0 Å². The Balaban J connectivity index is 0.000000162. The molecule has 0 aromatic rings. The molecule has 0 aromatic heterocycles. The number of hydrogen-bond acceptors (Lipinski definition) is 0. The maximum absolute atomic E-state index is 5.04. The monoisotopic (exact) mass is 295 g/mol. The zero-order chi connectivity index (χ0) is 8.04. The van der Waals surface area contributed by atoms with Crippen LogP contribution in [0.5, 0.6) is 0 Å². The first kappa shape index (κ1) is 11.5. The van der Waals surface area contributed by atoms with Gasteiger partial charge in [0.05, 0.1) is 0 Å². The molecular formula is C5H5Cl4Zr. The Morgan fingerprint density at radius 2 is 1.00 bits per heavy atom. The van der Waals surface area contributed by atoms with E-state index >= 15 is 0 Å². The van der Waals surface area contributed by atoms with Gasteiger partial charge in [-0.15, -0.1) is 0 Å². The molecule has 0 fully saturated rings. The van der Waals surface area contributed by atoms with E-state index in [2.05, 4.69) is 0 Å². The summed E-state index contributed by atoms with van der Waals surface area (Å²) in [7, 11) is 20.1. The van der Waals surface area contributed by atoms with Crippen LogP contribution in [0.4, 0.5) is 0 Å². The van der Waals surface area contributed by atoms with Gasteiger partial charge in [-0.2, -0.15) is 0 Å². The number of rotatable bonds is 0. The average molecular weight is 298 g/mol. The second-order valence-electron chi connectivity index (χ2n) is 1.39. The van der Waals surface area contributed by atoms with Gasteiger partial charge < -0.3 is 0 Å². The summed E-state index contributed by atoms with van der Waals surface area (Å²) in [6, 6.07) is 0. The van der Waals surface area contributed by atoms with Crippen molar-refractivity contribution in [1.29, 1.82) is 0 Å². The minimum absolute atomic E-state index is 2.00. The maximum atomic E-state index is 5.04. The summed E-state index contributed by atoms with van der Waals surface area (Å²) in [5.41, 5.74) is 0. The van der Waals surface area contributed by atoms with Crippen molar-refractivity contribution in [2.75, 3.05) is 0 Å². The van der Waals surface area contributed by atoms with Gasteiger partial charge in [0.25, 0.3) is 0 Å². The molecule has 0 unspecified atom stereocenters. The summed E-state index contributed by atoms with van der Waals surface area (Å²) in [6.07, 6.45) is 10.0. The Bertz CT molecular complexity index is 119. The fraction of sp³-hybridized carbons (Fsp3) is 0. The molecule has 0 N–H and O–H groups in total. The minimum atomic E-state index is -3.29. The molecule has 1 rings (SSSR count). The third kappa shape index (κ3) is 16.3. The molecular weight excluding hydrogens is 293 g/mol. The Labute approximate surface area is 79.4 Å². The topological polar surface area (TPSA) is 0 Å². The van der Waals surface area contributed by atoms with Crippen LogP contribution in [-0.4, -0.2) is 0 Å². The van der Waals surface area contributed by atoms with E-state index in [9.17, 15) is 0 Å². The fourth-order valence-electron chi connectivity index (χ4n) is 0.321. The van der Waals surface area contributed by atoms with Crippen molar-refractivity contribution in [3.63, 3.8) is 0 Å². The van der Waals surface area contributed by atoms with Crippen molar-refractivity contribution in [2.45, 2.75) is 0 Å². The van der Waals surface area contributed by atoms with Gasteiger partial charge in [0.2, 0.25) is 0 Å². The summed E-state index contributed by atoms with van der Waals surface area (Å²) >= 11 is -3.29. The van der Waals surface area contributed by atoms with Gasteiger partial charge in [-0.25, -0.2) is 0 Å². The first-order valence-corrected chi connectivity index (χ1v) is 15.1. The molecule has 0 bridgehead atoms. The van der Waals surface area contributed by atoms with Gasteiger partial charge >= 0.3 is 49.5 Å². The van der Waals surface area contributed by atoms with E-state index in [-0.39, 0.29) is 0 Å². The molecule has 1 aliphatic carbocycles. The molecule has 0 atom stereocenters. The summed E-state index contributed by atoms with van der Waals surface area (Å²) in [4.78, 5) is 0. The molecule has 0 aromatic carbocycles. The molecule has 0 saturated carbocycles. The van der Waals surface area contributed by atoms with E-state index in [0.717, 1.165) is 0 Å². The molecule has 57 valence electrons. The normalized spacial score (nSPS) is 14.8. The molecule has 0 aliphatic heterocycles. The molecule has 1 aliphatic rings. The van der Waals surface area contributed by atoms with Crippen LogP contribution >= 0.6 is 34.1 Å². The first-order valence-electron chi connectivity index (χ1n) is 2.42. The molecule has 0 heterocycles. The van der Waals surface area contributed by atoms with Gasteiger partial charge in [-0.3, -0.25) is 0 Å². The Kier molecular flexibility index (Phi) is 7.01. The Morgan fingerprint density at radius 1 is 0.700 bits per heavy atom. The van der Waals surface area contributed by atoms with Crippen LogP contribution in [-0.2, 0) is 15.5 Å². The van der Waals surface area contributed by atoms with Crippen LogP contribution in [0.3, 0.4) is 0 Å². The van der Waals surface area contributed by atoms with Crippen LogP contribution in [0.15, 0.2) is 24.3 Å². The SMILES string of the molecule is [CH]1C=CC=C1.[Cl][Zr]([Cl])([Cl])[Cl]. The summed E-state index contributed by atoms with van der Waals surface area (Å²) < 4.78 is 0. The molecule has 0 amide bonds. The second-order valence-corrected chi connectivity index (χ2v) is 23.8. The molecule has 1 radical (unpaired) electrons. The van der Waals surface area contributed by atoms with E-state index in [1.54, 1.807) is 0 Å². The zero-order valence-electron chi connectivity index (χ0n) is 4.90. The van der Waals surface area contributed by atoms with Crippen LogP contribution in [0, 0.1) is 6.42 Å². The van der Waals surface area contributed by atoms with E-state index in [1.807, 2.05) is 30.7 Å². The van der Waals surface area contributed by atoms with Gasteiger partial charge in [0, 0.05) is 6.42 Å². The van der Waals surface area contributed by atoms with Crippen molar-refractivity contribution in [3.05, 3.63) is 30.7 Å². The third-order valence-electron chi connectivity index (χ3n) is 0.556. The van der Waals surface area contributed by atoms with Crippen LogP contribution in [0.2, 0.25) is 0 Å². The van der Waals surface area contributed by atoms with Crippen LogP contribution in [0.25, 0.3) is 0 Å². The van der Waals surface area contributed by atoms with Crippen molar-refractivity contribution in [1.82, 2.24) is 0 Å². The summed E-state index contributed by atoms with van der Waals surface area (Å²) in [5.74, 6) is 0. The van der Waals surface area contributed by atoms with Crippen molar-refractivity contribution in [3.8, 4) is 0 Å². The van der Waals surface area contributed by atoms with Crippen molar-refractivity contribution in [2.24, 2.45) is 0 Å². The van der Waals surface area contributed by atoms with Crippen LogP contribution in [0.1, 0.15) is 0 Å². The number of hydrogen-bond donors (Lipinski definition) is 0. The van der Waals surface area contributed by atoms with Gasteiger partial charge in [0.15, 0.2) is 0 Å². The quantitative estimate of drug-likeness (QED) is 0.632. The van der Waals surface area contributed by atoms with Crippen molar-refractivity contribution >= 4 is 34.1 Å². The Hall–Kier alpha value is 1.52. The third-order valence-corrected chi connectivity index (χ3v) is 0.556. The molecule has 0 saturated heterocycles. The zero-order valence-corrected chi connectivity index (χ0v) is 10.4. The van der Waals surface area contributed by atoms with Gasteiger partial charge in [0.1, 0.15) is 0 Å². The number of allylic oxidation sites excluding steroid dienone is 4. The van der Waals surface area contributed by atoms with Crippen molar-refractivity contribution < 1.29 is 15.5 Å². The number of halogens is 4. The molecule has 0 nitrogen and oxygen atoms in total. The fourth-order valence-corrected chi connectivity index (χ4v) is 0.321. The molecule has 0 spiro atoms. The first-order chi connectivity index (χ1) is 4.50. The second kappa shape index (κ2) is 6.09. The van der Waals surface area contributed by atoms with Gasteiger partial charge in [-0.1, -0.05) is 24.3 Å².